The van der Waals surface area contributed by atoms with Crippen molar-refractivity contribution in [2.75, 3.05) is 32.8 Å². The number of benzene rings is 2. The lowest BCUT2D eigenvalue weighted by atomic mass is 10.0. The predicted octanol–water partition coefficient (Wildman–Crippen LogP) is 5.77. The highest BCUT2D eigenvalue weighted by molar-refractivity contribution is 6.30. The van der Waals surface area contributed by atoms with Crippen LogP contribution in [-0.2, 0) is 4.74 Å². The number of hydrogen-bond donors (Lipinski definition) is 1. The summed E-state index contributed by atoms with van der Waals surface area (Å²) in [6.45, 7) is 9.53. The first-order valence-electron chi connectivity index (χ1n) is 13.5. The first-order valence-corrected chi connectivity index (χ1v) is 13.9. The van der Waals surface area contributed by atoms with E-state index in [0.29, 0.717) is 33.9 Å². The largest absolute Gasteiger partial charge is 0.439 e. The second-order valence-electron chi connectivity index (χ2n) is 9.88. The highest BCUT2D eigenvalue weighted by Crippen LogP contribution is 2.29. The summed E-state index contributed by atoms with van der Waals surface area (Å²) in [5.41, 5.74) is 4.09. The van der Waals surface area contributed by atoms with Crippen molar-refractivity contribution in [2.24, 2.45) is 0 Å². The molecule has 2 aromatic carbocycles. The number of carbonyl (C=O) groups excluding carboxylic acids is 1. The molecule has 0 bridgehead atoms. The summed E-state index contributed by atoms with van der Waals surface area (Å²) in [6.07, 6.45) is 6.97. The van der Waals surface area contributed by atoms with Gasteiger partial charge in [-0.1, -0.05) is 36.7 Å². The Hall–Kier alpha value is -3.46. The van der Waals surface area contributed by atoms with Gasteiger partial charge in [0.05, 0.1) is 19.4 Å². The van der Waals surface area contributed by atoms with Crippen LogP contribution in [0, 0.1) is 6.92 Å². The Balaban J connectivity index is 0.000000292. The molecule has 204 valence electrons. The molecule has 1 saturated heterocycles. The monoisotopic (exact) mass is 547 g/mol. The van der Waals surface area contributed by atoms with Gasteiger partial charge in [0.1, 0.15) is 5.75 Å². The van der Waals surface area contributed by atoms with Crippen LogP contribution in [0.4, 0.5) is 0 Å². The number of carbonyl (C=O) groups is 1. The second kappa shape index (κ2) is 12.6. The Bertz CT molecular complexity index is 1430. The van der Waals surface area contributed by atoms with Gasteiger partial charge in [-0.2, -0.15) is 10.1 Å². The van der Waals surface area contributed by atoms with Crippen molar-refractivity contribution in [1.82, 2.24) is 24.8 Å². The molecule has 0 radical (unpaired) electrons. The minimum absolute atomic E-state index is 0.0169. The Morgan fingerprint density at radius 1 is 1.15 bits per heavy atom. The molecule has 2 aromatic heterocycles. The maximum Gasteiger partial charge on any atom is 0.251 e. The molecule has 8 nitrogen and oxygen atoms in total. The van der Waals surface area contributed by atoms with E-state index in [4.69, 9.17) is 21.1 Å². The number of fused-ring (bicyclic) bond motifs is 1. The molecule has 0 spiro atoms. The topological polar surface area (TPSA) is 81.0 Å². The van der Waals surface area contributed by atoms with Crippen molar-refractivity contribution in [3.05, 3.63) is 77.1 Å². The summed E-state index contributed by atoms with van der Waals surface area (Å²) in [6, 6.07) is 15.0. The van der Waals surface area contributed by atoms with Gasteiger partial charge in [-0.15, -0.1) is 0 Å². The highest BCUT2D eigenvalue weighted by Gasteiger charge is 2.24. The van der Waals surface area contributed by atoms with E-state index in [1.165, 1.54) is 13.0 Å². The number of aromatic nitrogens is 3. The quantitative estimate of drug-likeness (QED) is 0.316. The van der Waals surface area contributed by atoms with Crippen molar-refractivity contribution in [1.29, 1.82) is 0 Å². The number of hydrogen-bond acceptors (Lipinski definition) is 6. The summed E-state index contributed by atoms with van der Waals surface area (Å²) in [5.74, 6) is 1.04. The molecule has 9 heteroatoms. The van der Waals surface area contributed by atoms with Crippen molar-refractivity contribution < 1.29 is 14.3 Å². The number of nitrogens with zero attached hydrogens (tertiary/aromatic N) is 4. The van der Waals surface area contributed by atoms with Crippen molar-refractivity contribution in [3.63, 3.8) is 0 Å². The van der Waals surface area contributed by atoms with Crippen LogP contribution in [0.3, 0.4) is 0 Å². The minimum Gasteiger partial charge on any atom is -0.439 e. The molecule has 1 aliphatic carbocycles. The van der Waals surface area contributed by atoms with E-state index in [2.05, 4.69) is 27.2 Å². The zero-order valence-corrected chi connectivity index (χ0v) is 23.2. The summed E-state index contributed by atoms with van der Waals surface area (Å²) >= 11 is 6.03. The van der Waals surface area contributed by atoms with Gasteiger partial charge >= 0.3 is 0 Å². The highest BCUT2D eigenvalue weighted by atomic mass is 35.5. The van der Waals surface area contributed by atoms with Gasteiger partial charge in [-0.3, -0.25) is 9.69 Å². The third-order valence-corrected chi connectivity index (χ3v) is 6.94. The molecule has 1 amide bonds. The fourth-order valence-corrected chi connectivity index (χ4v) is 4.66. The van der Waals surface area contributed by atoms with Gasteiger partial charge in [0.15, 0.2) is 5.65 Å². The van der Waals surface area contributed by atoms with Crippen LogP contribution in [0.1, 0.15) is 42.1 Å². The van der Waals surface area contributed by atoms with Gasteiger partial charge < -0.3 is 14.8 Å². The van der Waals surface area contributed by atoms with E-state index in [0.717, 1.165) is 55.8 Å². The third-order valence-electron chi connectivity index (χ3n) is 6.70. The molecule has 3 heterocycles. The summed E-state index contributed by atoms with van der Waals surface area (Å²) in [4.78, 5) is 19.5. The van der Waals surface area contributed by atoms with Crippen LogP contribution >= 0.6 is 11.6 Å². The van der Waals surface area contributed by atoms with E-state index in [-0.39, 0.29) is 5.91 Å². The molecular formula is C30H34ClN5O3. The summed E-state index contributed by atoms with van der Waals surface area (Å²) < 4.78 is 12.8. The number of amides is 1. The summed E-state index contributed by atoms with van der Waals surface area (Å²) in [7, 11) is 0. The van der Waals surface area contributed by atoms with Crippen LogP contribution in [0.5, 0.6) is 11.6 Å². The van der Waals surface area contributed by atoms with Crippen molar-refractivity contribution >= 4 is 23.2 Å². The molecule has 0 unspecified atom stereocenters. The number of morpholine rings is 1. The first-order chi connectivity index (χ1) is 19.0. The zero-order valence-electron chi connectivity index (χ0n) is 22.4. The zero-order chi connectivity index (χ0) is 27.2. The van der Waals surface area contributed by atoms with E-state index in [1.807, 2.05) is 37.3 Å². The Labute approximate surface area is 233 Å². The molecule has 4 aromatic rings. The SMILES string of the molecule is CCCN1CCOCC1.Cc1cc(-c2cnn3ccc(Oc4cccc(Cl)c4)nc23)ccc1C(=O)NC1CC1. The average Bonchev–Trinajstić information content (AvgIpc) is 3.65. The lowest BCUT2D eigenvalue weighted by Gasteiger charge is -2.25. The van der Waals surface area contributed by atoms with E-state index < -0.39 is 0 Å². The van der Waals surface area contributed by atoms with Crippen molar-refractivity contribution in [3.8, 4) is 22.8 Å². The normalized spacial score (nSPS) is 15.5. The second-order valence-corrected chi connectivity index (χ2v) is 10.3. The molecule has 1 N–H and O–H groups in total. The van der Waals surface area contributed by atoms with E-state index in [9.17, 15) is 4.79 Å². The van der Waals surface area contributed by atoms with Gasteiger partial charge in [0.25, 0.3) is 5.91 Å². The van der Waals surface area contributed by atoms with Crippen molar-refractivity contribution in [2.45, 2.75) is 39.2 Å². The molecular weight excluding hydrogens is 514 g/mol. The smallest absolute Gasteiger partial charge is 0.251 e. The average molecular weight is 548 g/mol. The predicted molar refractivity (Wildman–Crippen MR) is 153 cm³/mol. The summed E-state index contributed by atoms with van der Waals surface area (Å²) in [5, 5.41) is 8.02. The number of ether oxygens (including phenoxy) is 2. The number of halogens is 1. The maximum atomic E-state index is 12.4. The number of aryl methyl sites for hydroxylation is 1. The fourth-order valence-electron chi connectivity index (χ4n) is 4.48. The molecule has 6 rings (SSSR count). The third kappa shape index (κ3) is 7.15. The van der Waals surface area contributed by atoms with Crippen LogP contribution in [-0.4, -0.2) is 64.3 Å². The van der Waals surface area contributed by atoms with Gasteiger partial charge in [-0.05, 0) is 68.1 Å². The fraction of sp³-hybridized carbons (Fsp3) is 0.367. The molecule has 1 aliphatic heterocycles. The van der Waals surface area contributed by atoms with Gasteiger partial charge in [-0.25, -0.2) is 4.52 Å². The maximum absolute atomic E-state index is 12.4. The standard InChI is InChI=1S/C23H19ClN4O2.C7H15NO/c1-14-11-15(5-8-19(14)23(29)26-17-6-7-17)20-13-25-28-10-9-21(27-22(20)28)30-18-4-2-3-16(24)12-18;1-2-3-8-4-6-9-7-5-8/h2-5,8-13,17H,6-7H2,1H3,(H,26,29);2-7H2,1H3. The molecule has 0 atom stereocenters. The Morgan fingerprint density at radius 3 is 2.69 bits per heavy atom. The van der Waals surface area contributed by atoms with E-state index >= 15 is 0 Å². The van der Waals surface area contributed by atoms with Crippen LogP contribution in [0.25, 0.3) is 16.8 Å². The Morgan fingerprint density at radius 2 is 1.97 bits per heavy atom. The first kappa shape index (κ1) is 27.1. The molecule has 1 saturated carbocycles. The van der Waals surface area contributed by atoms with Crippen LogP contribution in [0.15, 0.2) is 60.9 Å². The van der Waals surface area contributed by atoms with Crippen LogP contribution in [0.2, 0.25) is 5.02 Å². The Kier molecular flexibility index (Phi) is 8.76. The molecule has 39 heavy (non-hydrogen) atoms. The number of nitrogens with one attached hydrogen (secondary N) is 1. The van der Waals surface area contributed by atoms with Gasteiger partial charge in [0.2, 0.25) is 5.88 Å². The molecule has 2 aliphatic rings. The van der Waals surface area contributed by atoms with Crippen LogP contribution < -0.4 is 10.1 Å². The molecule has 2 fully saturated rings. The number of rotatable bonds is 7. The van der Waals surface area contributed by atoms with E-state index in [1.54, 1.807) is 35.1 Å². The lowest BCUT2D eigenvalue weighted by Crippen LogP contribution is -2.36. The van der Waals surface area contributed by atoms with Gasteiger partial charge in [0, 0.05) is 47.5 Å². The minimum atomic E-state index is -0.0169. The lowest BCUT2D eigenvalue weighted by molar-refractivity contribution is 0.0380.